The van der Waals surface area contributed by atoms with Crippen LogP contribution in [-0.2, 0) is 0 Å². The van der Waals surface area contributed by atoms with Crippen molar-refractivity contribution in [3.63, 3.8) is 0 Å². The van der Waals surface area contributed by atoms with Gasteiger partial charge in [0.1, 0.15) is 0 Å². The van der Waals surface area contributed by atoms with Crippen LogP contribution >= 0.6 is 11.8 Å². The number of nitro benzene ring substituents is 3. The summed E-state index contributed by atoms with van der Waals surface area (Å²) in [6, 6.07) is 10.7. The lowest BCUT2D eigenvalue weighted by molar-refractivity contribution is -0.404. The second-order valence-corrected chi connectivity index (χ2v) is 7.01. The molecule has 0 atom stereocenters. The van der Waals surface area contributed by atoms with E-state index in [1.807, 2.05) is 30.3 Å². The molecule has 2 rings (SSSR count). The number of hydrogen-bond acceptors (Lipinski definition) is 10. The number of rotatable bonds is 8. The number of benzene rings is 2. The molecule has 0 radical (unpaired) electrons. The molecule has 32 heavy (non-hydrogen) atoms. The zero-order valence-electron chi connectivity index (χ0n) is 16.9. The first-order chi connectivity index (χ1) is 15.2. The van der Waals surface area contributed by atoms with Crippen molar-refractivity contribution < 1.29 is 19.9 Å². The van der Waals surface area contributed by atoms with Gasteiger partial charge in [-0.15, -0.1) is 5.10 Å². The largest absolute Gasteiger partial charge is 0.497 e. The Morgan fingerprint density at radius 2 is 1.62 bits per heavy atom. The number of amidine groups is 1. The fraction of sp³-hybridized carbons (Fsp3) is 0.222. The molecule has 0 saturated carbocycles. The molecule has 0 fully saturated rings. The van der Waals surface area contributed by atoms with Gasteiger partial charge in [-0.25, -0.2) is 0 Å². The Hall–Kier alpha value is -4.07. The van der Waals surface area contributed by atoms with E-state index in [4.69, 9.17) is 10.8 Å². The molecule has 0 amide bonds. The standard InChI is InChI=1S/C12H17N3S.C6H3N3O7/c1-2-3-9-16-12(13)15-14-10-11-7-5-4-6-8-11;10-6-4(8(13)14)1-3(7(11)12)2-5(6)9(15)16/h4-8,10H,2-3,9H2,1H3,(H2,13,15);1-2,10H/b14-10+;. The number of unbranched alkanes of at least 4 members (excludes halogenated alkanes) is 1. The number of nitrogens with two attached hydrogens (primary N) is 1. The van der Waals surface area contributed by atoms with E-state index >= 15 is 0 Å². The van der Waals surface area contributed by atoms with Gasteiger partial charge in [0.2, 0.25) is 0 Å². The van der Waals surface area contributed by atoms with Crippen molar-refractivity contribution in [2.75, 3.05) is 5.75 Å². The summed E-state index contributed by atoms with van der Waals surface area (Å²) in [4.78, 5) is 27.8. The van der Waals surface area contributed by atoms with Crippen molar-refractivity contribution >= 4 is 40.2 Å². The van der Waals surface area contributed by atoms with E-state index < -0.39 is 37.6 Å². The van der Waals surface area contributed by atoms with Gasteiger partial charge in [-0.05, 0) is 12.0 Å². The maximum absolute atomic E-state index is 10.4. The Kier molecular flexibility index (Phi) is 10.8. The van der Waals surface area contributed by atoms with Crippen LogP contribution in [0, 0.1) is 30.3 Å². The van der Waals surface area contributed by atoms with E-state index in [1.165, 1.54) is 6.42 Å². The molecule has 0 heterocycles. The van der Waals surface area contributed by atoms with Gasteiger partial charge in [0, 0.05) is 5.75 Å². The maximum Gasteiger partial charge on any atom is 0.324 e. The molecular weight excluding hydrogens is 444 g/mol. The van der Waals surface area contributed by atoms with Crippen LogP contribution in [0.4, 0.5) is 17.1 Å². The van der Waals surface area contributed by atoms with Crippen LogP contribution in [0.5, 0.6) is 5.75 Å². The van der Waals surface area contributed by atoms with Crippen LogP contribution in [0.25, 0.3) is 0 Å². The van der Waals surface area contributed by atoms with Crippen molar-refractivity contribution in [2.24, 2.45) is 15.9 Å². The first kappa shape index (κ1) is 26.0. The van der Waals surface area contributed by atoms with Crippen molar-refractivity contribution in [1.29, 1.82) is 0 Å². The van der Waals surface area contributed by atoms with Gasteiger partial charge in [0.05, 0.1) is 33.1 Å². The molecule has 0 spiro atoms. The number of aromatic hydroxyl groups is 1. The highest BCUT2D eigenvalue weighted by Gasteiger charge is 2.30. The first-order valence-corrected chi connectivity index (χ1v) is 10.00. The second-order valence-electron chi connectivity index (χ2n) is 5.90. The Morgan fingerprint density at radius 3 is 2.09 bits per heavy atom. The minimum Gasteiger partial charge on any atom is -0.497 e. The quantitative estimate of drug-likeness (QED) is 0.190. The summed E-state index contributed by atoms with van der Waals surface area (Å²) >= 11 is 1.55. The predicted octanol–water partition coefficient (Wildman–Crippen LogP) is 3.99. The van der Waals surface area contributed by atoms with Crippen molar-refractivity contribution in [3.8, 4) is 5.75 Å². The van der Waals surface area contributed by atoms with Crippen LogP contribution in [-0.4, -0.2) is 37.0 Å². The molecule has 2 aromatic rings. The third-order valence-electron chi connectivity index (χ3n) is 3.57. The Balaban J connectivity index is 0.000000320. The van der Waals surface area contributed by atoms with E-state index in [1.54, 1.807) is 18.0 Å². The van der Waals surface area contributed by atoms with Gasteiger partial charge >= 0.3 is 11.4 Å². The average molecular weight is 464 g/mol. The molecule has 14 heteroatoms. The molecule has 3 N–H and O–H groups in total. The Labute approximate surface area is 186 Å². The van der Waals surface area contributed by atoms with Gasteiger partial charge < -0.3 is 10.8 Å². The zero-order valence-corrected chi connectivity index (χ0v) is 17.7. The molecule has 0 aromatic heterocycles. The van der Waals surface area contributed by atoms with Gasteiger partial charge in [-0.1, -0.05) is 55.4 Å². The molecular formula is C18H20N6O7S. The lowest BCUT2D eigenvalue weighted by Gasteiger charge is -1.97. The minimum atomic E-state index is -1.21. The van der Waals surface area contributed by atoms with Crippen molar-refractivity contribution in [3.05, 3.63) is 78.4 Å². The van der Waals surface area contributed by atoms with Crippen LogP contribution in [0.3, 0.4) is 0 Å². The monoisotopic (exact) mass is 464 g/mol. The maximum atomic E-state index is 10.4. The Morgan fingerprint density at radius 1 is 1.06 bits per heavy atom. The van der Waals surface area contributed by atoms with E-state index in [9.17, 15) is 30.3 Å². The first-order valence-electron chi connectivity index (χ1n) is 9.01. The fourth-order valence-corrected chi connectivity index (χ4v) is 2.76. The number of nitrogens with zero attached hydrogens (tertiary/aromatic N) is 5. The number of non-ortho nitro benzene ring substituents is 1. The summed E-state index contributed by atoms with van der Waals surface area (Å²) in [5.41, 5.74) is 3.70. The molecule has 2 aromatic carbocycles. The van der Waals surface area contributed by atoms with E-state index in [-0.39, 0.29) is 0 Å². The smallest absolute Gasteiger partial charge is 0.324 e. The van der Waals surface area contributed by atoms with Gasteiger partial charge in [0.25, 0.3) is 11.4 Å². The molecule has 0 aliphatic rings. The lowest BCUT2D eigenvalue weighted by atomic mass is 10.2. The predicted molar refractivity (Wildman–Crippen MR) is 121 cm³/mol. The summed E-state index contributed by atoms with van der Waals surface area (Å²) in [7, 11) is 0. The molecule has 0 saturated heterocycles. The summed E-state index contributed by atoms with van der Waals surface area (Å²) in [5.74, 6) is -0.201. The molecule has 13 nitrogen and oxygen atoms in total. The summed E-state index contributed by atoms with van der Waals surface area (Å²) in [6.07, 6.45) is 4.03. The molecule has 0 unspecified atom stereocenters. The second kappa shape index (κ2) is 13.3. The van der Waals surface area contributed by atoms with Crippen molar-refractivity contribution in [1.82, 2.24) is 0 Å². The fourth-order valence-electron chi connectivity index (χ4n) is 2.01. The lowest BCUT2D eigenvalue weighted by Crippen LogP contribution is -2.06. The SMILES string of the molecule is CCCCSC(N)=N/N=C/c1ccccc1.O=[N+]([O-])c1cc([N+](=O)[O-])c(O)c([N+](=O)[O-])c1. The molecule has 170 valence electrons. The summed E-state index contributed by atoms with van der Waals surface area (Å²) in [5, 5.41) is 48.6. The van der Waals surface area contributed by atoms with Crippen LogP contribution in [0.1, 0.15) is 25.3 Å². The van der Waals surface area contributed by atoms with E-state index in [0.29, 0.717) is 17.3 Å². The van der Waals surface area contributed by atoms with E-state index in [2.05, 4.69) is 17.1 Å². The molecule has 0 bridgehead atoms. The summed E-state index contributed by atoms with van der Waals surface area (Å²) in [6.45, 7) is 2.15. The van der Waals surface area contributed by atoms with E-state index in [0.717, 1.165) is 17.7 Å². The average Bonchev–Trinajstić information content (AvgIpc) is 2.74. The highest BCUT2D eigenvalue weighted by atomic mass is 32.2. The number of nitro groups is 3. The van der Waals surface area contributed by atoms with Crippen LogP contribution < -0.4 is 5.73 Å². The number of thioether (sulfide) groups is 1. The third kappa shape index (κ3) is 8.74. The normalized spacial score (nSPS) is 11.0. The Bertz CT molecular complexity index is 979. The van der Waals surface area contributed by atoms with Gasteiger partial charge in [-0.2, -0.15) is 5.10 Å². The highest BCUT2D eigenvalue weighted by Crippen LogP contribution is 2.38. The highest BCUT2D eigenvalue weighted by molar-refractivity contribution is 8.13. The zero-order chi connectivity index (χ0) is 24.1. The molecule has 0 aliphatic heterocycles. The van der Waals surface area contributed by atoms with Crippen LogP contribution in [0.15, 0.2) is 52.7 Å². The minimum absolute atomic E-state index is 0.447. The number of hydrogen-bond donors (Lipinski definition) is 2. The molecule has 0 aliphatic carbocycles. The van der Waals surface area contributed by atoms with Gasteiger partial charge in [0.15, 0.2) is 5.17 Å². The van der Waals surface area contributed by atoms with Gasteiger partial charge in [-0.3, -0.25) is 30.3 Å². The number of phenols is 1. The number of phenolic OH excluding ortho intramolecular Hbond substituents is 1. The van der Waals surface area contributed by atoms with Crippen LogP contribution in [0.2, 0.25) is 0 Å². The third-order valence-corrected chi connectivity index (χ3v) is 4.44. The van der Waals surface area contributed by atoms with Crippen molar-refractivity contribution in [2.45, 2.75) is 19.8 Å². The summed E-state index contributed by atoms with van der Waals surface area (Å²) < 4.78 is 0. The topological polar surface area (TPSA) is 200 Å².